The molecule has 0 aliphatic rings. The second-order valence-corrected chi connectivity index (χ2v) is 35.0. The molecule has 0 unspecified atom stereocenters. The molecule has 0 fully saturated rings. The maximum atomic E-state index is 3.74. The van der Waals surface area contributed by atoms with Crippen LogP contribution in [0, 0.1) is 0 Å². The Labute approximate surface area is 153 Å². The van der Waals surface area contributed by atoms with Gasteiger partial charge in [-0.05, 0) is 0 Å². The van der Waals surface area contributed by atoms with E-state index >= 15 is 0 Å². The van der Waals surface area contributed by atoms with Crippen LogP contribution in [0.25, 0.3) is 0 Å². The van der Waals surface area contributed by atoms with E-state index in [9.17, 15) is 0 Å². The van der Waals surface area contributed by atoms with Crippen molar-refractivity contribution in [2.24, 2.45) is 0 Å². The lowest BCUT2D eigenvalue weighted by atomic mass is 10.9. The molecule has 5 heteroatoms. The van der Waals surface area contributed by atoms with Crippen molar-refractivity contribution < 1.29 is 0 Å². The Morgan fingerprint density at radius 2 is 0.609 bits per heavy atom. The summed E-state index contributed by atoms with van der Waals surface area (Å²) < 4.78 is 3.74. The van der Waals surface area contributed by atoms with Crippen molar-refractivity contribution in [2.45, 2.75) is 117 Å². The first-order valence-electron chi connectivity index (χ1n) is 10.1. The topological polar surface area (TPSA) is 12.0 Å². The molecule has 1 nitrogen and oxygen atoms in total. The Morgan fingerprint density at radius 1 is 0.435 bits per heavy atom. The van der Waals surface area contributed by atoms with Crippen LogP contribution in [0.15, 0.2) is 0 Å². The summed E-state index contributed by atoms with van der Waals surface area (Å²) in [6.07, 6.45) is 0. The van der Waals surface area contributed by atoms with Crippen LogP contribution in [0.3, 0.4) is 0 Å². The molecule has 0 bridgehead atoms. The first-order valence-corrected chi connectivity index (χ1v) is 23.4. The molecule has 0 aliphatic heterocycles. The summed E-state index contributed by atoms with van der Waals surface area (Å²) in [6.45, 7) is 29.0. The standard InChI is InChI=1S/C12H30Si2.C6H19NSi2/c1-7-13(8-2,9-3)14(10-4,11-5)12-6;1-8(2,3)7-9(4,5)6/h7-12H2,1-6H3;7H,1-6H3. The van der Waals surface area contributed by atoms with Gasteiger partial charge in [-0.3, -0.25) is 0 Å². The van der Waals surface area contributed by atoms with Crippen molar-refractivity contribution >= 4 is 31.7 Å². The molecule has 0 aromatic heterocycles. The summed E-state index contributed by atoms with van der Waals surface area (Å²) in [4.78, 5) is 0. The van der Waals surface area contributed by atoms with E-state index in [1.165, 1.54) is 0 Å². The number of hydrogen-bond donors (Lipinski definition) is 1. The normalized spacial score (nSPS) is 13.6. The molecular formula is C18H49NSi4. The van der Waals surface area contributed by atoms with Crippen molar-refractivity contribution in [1.82, 2.24) is 4.65 Å². The molecule has 142 valence electrons. The van der Waals surface area contributed by atoms with E-state index in [-0.39, 0.29) is 0 Å². The fraction of sp³-hybridized carbons (Fsp3) is 1.00. The quantitative estimate of drug-likeness (QED) is 0.406. The lowest BCUT2D eigenvalue weighted by Gasteiger charge is -2.46. The van der Waals surface area contributed by atoms with Crippen molar-refractivity contribution in [1.29, 1.82) is 0 Å². The second-order valence-electron chi connectivity index (χ2n) is 9.31. The largest absolute Gasteiger partial charge is 0.360 e. The van der Waals surface area contributed by atoms with Gasteiger partial charge in [-0.2, -0.15) is 0 Å². The van der Waals surface area contributed by atoms with E-state index in [1.807, 2.05) is 0 Å². The van der Waals surface area contributed by atoms with Gasteiger partial charge in [-0.1, -0.05) is 117 Å². The van der Waals surface area contributed by atoms with Gasteiger partial charge >= 0.3 is 0 Å². The number of rotatable bonds is 9. The minimum Gasteiger partial charge on any atom is -0.360 e. The van der Waals surface area contributed by atoms with Crippen molar-refractivity contribution in [3.05, 3.63) is 0 Å². The fourth-order valence-electron chi connectivity index (χ4n) is 4.88. The van der Waals surface area contributed by atoms with Crippen LogP contribution in [0.4, 0.5) is 0 Å². The Kier molecular flexibility index (Phi) is 12.2. The molecule has 0 aromatic rings. The smallest absolute Gasteiger partial charge is 0.109 e. The molecule has 23 heavy (non-hydrogen) atoms. The molecule has 0 spiro atoms. The lowest BCUT2D eigenvalue weighted by molar-refractivity contribution is 1.13. The van der Waals surface area contributed by atoms with E-state index in [1.54, 1.807) is 36.3 Å². The van der Waals surface area contributed by atoms with E-state index in [0.717, 1.165) is 0 Å². The summed E-state index contributed by atoms with van der Waals surface area (Å²) >= 11 is 0. The van der Waals surface area contributed by atoms with Gasteiger partial charge in [0.05, 0.1) is 0 Å². The van der Waals surface area contributed by atoms with Crippen LogP contribution < -0.4 is 4.65 Å². The third-order valence-electron chi connectivity index (χ3n) is 5.94. The Morgan fingerprint density at radius 3 is 0.652 bits per heavy atom. The minimum atomic E-state index is -0.981. The van der Waals surface area contributed by atoms with Gasteiger partial charge in [0, 0.05) is 15.2 Å². The average Bonchev–Trinajstić information content (AvgIpc) is 2.42. The molecule has 0 aromatic carbocycles. The molecule has 0 heterocycles. The predicted molar refractivity (Wildman–Crippen MR) is 124 cm³/mol. The van der Waals surface area contributed by atoms with Gasteiger partial charge in [0.15, 0.2) is 0 Å². The van der Waals surface area contributed by atoms with Gasteiger partial charge in [0.1, 0.15) is 16.5 Å². The van der Waals surface area contributed by atoms with Crippen molar-refractivity contribution in [3.63, 3.8) is 0 Å². The van der Waals surface area contributed by atoms with Crippen LogP contribution in [0.5, 0.6) is 0 Å². The predicted octanol–water partition coefficient (Wildman–Crippen LogP) is 7.33. The second kappa shape index (κ2) is 10.7. The molecule has 0 rings (SSSR count). The fourth-order valence-corrected chi connectivity index (χ4v) is 34.9. The number of hydrogen-bond acceptors (Lipinski definition) is 1. The highest BCUT2D eigenvalue weighted by atomic mass is 29.3. The van der Waals surface area contributed by atoms with Gasteiger partial charge in [-0.25, -0.2) is 0 Å². The average molecular weight is 392 g/mol. The molecule has 0 aliphatic carbocycles. The zero-order chi connectivity index (χ0) is 18.9. The Hall–Kier alpha value is 0.828. The maximum Gasteiger partial charge on any atom is 0.109 e. The maximum absolute atomic E-state index is 3.74. The highest BCUT2D eigenvalue weighted by molar-refractivity contribution is 7.42. The first kappa shape index (κ1) is 26.1. The molecule has 1 N–H and O–H groups in total. The van der Waals surface area contributed by atoms with E-state index in [0.29, 0.717) is 0 Å². The summed E-state index contributed by atoms with van der Waals surface area (Å²) in [7, 11) is -3.68. The third kappa shape index (κ3) is 8.65. The molecule has 0 atom stereocenters. The van der Waals surface area contributed by atoms with Crippen molar-refractivity contribution in [3.8, 4) is 0 Å². The summed E-state index contributed by atoms with van der Waals surface area (Å²) in [5.41, 5.74) is 0. The molecular weight excluding hydrogens is 343 g/mol. The monoisotopic (exact) mass is 391 g/mol. The third-order valence-corrected chi connectivity index (χ3v) is 35.4. The Balaban J connectivity index is 0. The summed E-state index contributed by atoms with van der Waals surface area (Å²) in [6, 6.07) is 9.26. The highest BCUT2D eigenvalue weighted by Gasteiger charge is 2.47. The molecule has 0 saturated carbocycles. The minimum absolute atomic E-state index is 0.858. The van der Waals surface area contributed by atoms with Crippen LogP contribution in [0.2, 0.25) is 75.5 Å². The van der Waals surface area contributed by atoms with E-state index < -0.39 is 31.7 Å². The molecule has 0 amide bonds. The van der Waals surface area contributed by atoms with E-state index in [4.69, 9.17) is 0 Å². The van der Waals surface area contributed by atoms with Crippen LogP contribution in [-0.4, -0.2) is 31.7 Å². The zero-order valence-corrected chi connectivity index (χ0v) is 22.7. The SMILES string of the molecule is CC[Si](CC)(CC)[Si](CC)(CC)CC.C[Si](C)(C)N[Si](C)(C)C. The summed E-state index contributed by atoms with van der Waals surface area (Å²) in [5, 5.41) is 0. The first-order chi connectivity index (χ1) is 10.3. The molecule has 0 radical (unpaired) electrons. The highest BCUT2D eigenvalue weighted by Crippen LogP contribution is 2.38. The van der Waals surface area contributed by atoms with Gasteiger partial charge in [0.2, 0.25) is 0 Å². The van der Waals surface area contributed by atoms with Crippen LogP contribution >= 0.6 is 0 Å². The lowest BCUT2D eigenvalue weighted by Crippen LogP contribution is -2.60. The van der Waals surface area contributed by atoms with E-state index in [2.05, 4.69) is 85.5 Å². The Bertz CT molecular complexity index is 251. The van der Waals surface area contributed by atoms with Gasteiger partial charge < -0.3 is 4.65 Å². The van der Waals surface area contributed by atoms with Crippen LogP contribution in [0.1, 0.15) is 41.5 Å². The van der Waals surface area contributed by atoms with Gasteiger partial charge in [0.25, 0.3) is 0 Å². The number of nitrogens with one attached hydrogen (secondary N) is 1. The van der Waals surface area contributed by atoms with Crippen LogP contribution in [-0.2, 0) is 0 Å². The van der Waals surface area contributed by atoms with Crippen molar-refractivity contribution in [2.75, 3.05) is 0 Å². The summed E-state index contributed by atoms with van der Waals surface area (Å²) in [5.74, 6) is 0. The van der Waals surface area contributed by atoms with Gasteiger partial charge in [-0.15, -0.1) is 0 Å². The zero-order valence-electron chi connectivity index (χ0n) is 18.7. The molecule has 0 saturated heterocycles.